The second-order valence-electron chi connectivity index (χ2n) is 16.1. The van der Waals surface area contributed by atoms with Crippen LogP contribution in [0, 0.1) is 10.8 Å². The highest BCUT2D eigenvalue weighted by Gasteiger charge is 2.66. The molecule has 2 N–H and O–H groups in total. The molecular weight excluding hydrogens is 751 g/mol. The fourth-order valence-corrected chi connectivity index (χ4v) is 8.83. The Morgan fingerprint density at radius 3 is 2.10 bits per heavy atom. The number of hydrogen-bond donors (Lipinski definition) is 2. The zero-order valence-electron chi connectivity index (χ0n) is 34.0. The van der Waals surface area contributed by atoms with Crippen molar-refractivity contribution in [3.63, 3.8) is 0 Å². The van der Waals surface area contributed by atoms with Crippen molar-refractivity contribution in [1.29, 1.82) is 0 Å². The second-order valence-corrected chi connectivity index (χ2v) is 16.1. The normalized spacial score (nSPS) is 29.8. The number of esters is 4. The first-order chi connectivity index (χ1) is 27.3. The SMILES string of the molecule is [B]N=N[C@H](c1ccccc1)[C@H](OC)C(=O)O[C@@H]1C[C@](O)([C@@H](C)OC(=O)c2ccccc2)C(C)(C)C([C@H](OC(C)=O)C(=O)[C@]2(C)C[C@@]3(OC(C)=O)CO[C@H]3C[C@H]2O)=C1C. The average Bonchev–Trinajstić information content (AvgIpc) is 3.17. The van der Waals surface area contributed by atoms with Gasteiger partial charge in [-0.1, -0.05) is 62.4 Å². The molecule has 2 aromatic carbocycles. The quantitative estimate of drug-likeness (QED) is 0.0901. The molecule has 15 nitrogen and oxygen atoms in total. The predicted molar refractivity (Wildman–Crippen MR) is 206 cm³/mol. The third-order valence-corrected chi connectivity index (χ3v) is 12.1. The van der Waals surface area contributed by atoms with E-state index in [0.29, 0.717) is 5.56 Å². The molecular formula is C42H51BN2O13. The maximum absolute atomic E-state index is 15.2. The number of carbonyl (C=O) groups excluding carboxylic acids is 5. The molecule has 1 aliphatic heterocycles. The molecule has 0 unspecified atom stereocenters. The molecule has 3 aliphatic rings. The Balaban J connectivity index is 1.63. The third-order valence-electron chi connectivity index (χ3n) is 12.1. The molecule has 2 aromatic rings. The summed E-state index contributed by atoms with van der Waals surface area (Å²) in [6.45, 7) is 10.1. The van der Waals surface area contributed by atoms with Gasteiger partial charge in [0.1, 0.15) is 30.0 Å². The summed E-state index contributed by atoms with van der Waals surface area (Å²) in [5.74, 6) is -3.93. The van der Waals surface area contributed by atoms with Gasteiger partial charge in [0.25, 0.3) is 7.98 Å². The number of hydrogen-bond acceptors (Lipinski definition) is 15. The van der Waals surface area contributed by atoms with Crippen molar-refractivity contribution in [3.8, 4) is 0 Å². The number of aliphatic hydroxyl groups is 2. The zero-order chi connectivity index (χ0) is 42.8. The van der Waals surface area contributed by atoms with Gasteiger partial charge in [0.15, 0.2) is 23.6 Å². The fraction of sp³-hybridized carbons (Fsp3) is 0.548. The van der Waals surface area contributed by atoms with Gasteiger partial charge in [-0.25, -0.2) is 9.59 Å². The van der Waals surface area contributed by atoms with Crippen molar-refractivity contribution in [3.05, 3.63) is 82.9 Å². The number of fused-ring (bicyclic) bond motifs is 1. The van der Waals surface area contributed by atoms with E-state index in [4.69, 9.17) is 36.4 Å². The lowest BCUT2D eigenvalue weighted by atomic mass is 9.55. The fourth-order valence-electron chi connectivity index (χ4n) is 8.83. The van der Waals surface area contributed by atoms with Crippen LogP contribution >= 0.6 is 0 Å². The van der Waals surface area contributed by atoms with Gasteiger partial charge in [-0.05, 0) is 49.6 Å². The van der Waals surface area contributed by atoms with E-state index in [1.807, 2.05) is 0 Å². The van der Waals surface area contributed by atoms with E-state index in [-0.39, 0.29) is 42.6 Å². The monoisotopic (exact) mass is 802 g/mol. The molecule has 2 fully saturated rings. The standard InChI is InChI=1S/C42H51BN2O13/c1-23-29(57-38(51)35(53-8)33(44-45-43)27-15-11-9-12-16-27)20-42(52,24(2)55-37(50)28-17-13-10-14-18-28)39(5,6)32(23)34(56-25(3)46)36(49)40(7)21-41(58-26(4)47)22-54-31(41)19-30(40)48/h9-18,24,29-31,33-35,48,52H,19-22H2,1-8H3/t24-,29-,30-,31+,33-,34+,35+,40-,41-,42+/m1/s1. The van der Waals surface area contributed by atoms with Crippen LogP contribution in [0.15, 0.2) is 81.9 Å². The summed E-state index contributed by atoms with van der Waals surface area (Å²) in [6, 6.07) is 15.7. The molecule has 2 radical (unpaired) electrons. The Labute approximate surface area is 338 Å². The van der Waals surface area contributed by atoms with Crippen LogP contribution in [0.3, 0.4) is 0 Å². The summed E-state index contributed by atoms with van der Waals surface area (Å²) >= 11 is 0. The minimum Gasteiger partial charge on any atom is -0.456 e. The van der Waals surface area contributed by atoms with Crippen LogP contribution in [-0.4, -0.2) is 109 Å². The smallest absolute Gasteiger partial charge is 0.338 e. The Bertz CT molecular complexity index is 1940. The minimum absolute atomic E-state index is 0.0191. The first-order valence-corrected chi connectivity index (χ1v) is 19.0. The number of benzene rings is 2. The minimum atomic E-state index is -2.12. The number of aliphatic hydroxyl groups excluding tert-OH is 1. The third kappa shape index (κ3) is 8.24. The summed E-state index contributed by atoms with van der Waals surface area (Å²) in [5.41, 5.74) is -5.59. The van der Waals surface area contributed by atoms with Crippen LogP contribution in [0.1, 0.15) is 89.7 Å². The van der Waals surface area contributed by atoms with Crippen LogP contribution in [0.4, 0.5) is 0 Å². The lowest BCUT2D eigenvalue weighted by Gasteiger charge is -2.58. The summed E-state index contributed by atoms with van der Waals surface area (Å²) in [7, 11) is 6.72. The molecule has 58 heavy (non-hydrogen) atoms. The van der Waals surface area contributed by atoms with Crippen LogP contribution in [0.2, 0.25) is 0 Å². The molecule has 0 bridgehead atoms. The highest BCUT2D eigenvalue weighted by Crippen LogP contribution is 2.56. The molecule has 1 saturated carbocycles. The lowest BCUT2D eigenvalue weighted by molar-refractivity contribution is -0.291. The van der Waals surface area contributed by atoms with Gasteiger partial charge < -0.3 is 38.6 Å². The molecule has 2 aliphatic carbocycles. The molecule has 0 amide bonds. The number of nitrogens with zero attached hydrogens (tertiary/aromatic N) is 2. The number of carbonyl (C=O) groups is 5. The van der Waals surface area contributed by atoms with Crippen molar-refractivity contribution in [2.45, 2.75) is 122 Å². The second kappa shape index (κ2) is 17.2. The molecule has 0 spiro atoms. The molecule has 10 atom stereocenters. The van der Waals surface area contributed by atoms with E-state index >= 15 is 4.79 Å². The summed E-state index contributed by atoms with van der Waals surface area (Å²) in [4.78, 5) is 68.0. The van der Waals surface area contributed by atoms with E-state index in [1.165, 1.54) is 27.9 Å². The Morgan fingerprint density at radius 2 is 1.57 bits per heavy atom. The molecule has 0 aromatic heterocycles. The van der Waals surface area contributed by atoms with E-state index < -0.39 is 94.4 Å². The van der Waals surface area contributed by atoms with Crippen LogP contribution in [0.5, 0.6) is 0 Å². The van der Waals surface area contributed by atoms with Crippen molar-refractivity contribution < 1.29 is 62.6 Å². The number of rotatable bonds is 14. The predicted octanol–water partition coefficient (Wildman–Crippen LogP) is 4.28. The molecule has 1 heterocycles. The topological polar surface area (TPSA) is 206 Å². The van der Waals surface area contributed by atoms with Crippen molar-refractivity contribution in [2.24, 2.45) is 21.0 Å². The van der Waals surface area contributed by atoms with E-state index in [1.54, 1.807) is 81.4 Å². The Morgan fingerprint density at radius 1 is 0.948 bits per heavy atom. The zero-order valence-corrected chi connectivity index (χ0v) is 34.0. The highest BCUT2D eigenvalue weighted by molar-refractivity contribution is 6.04. The van der Waals surface area contributed by atoms with Crippen LogP contribution < -0.4 is 0 Å². The summed E-state index contributed by atoms with van der Waals surface area (Å²) in [5, 5.41) is 32.0. The number of ketones is 1. The number of methoxy groups -OCH3 is 1. The maximum Gasteiger partial charge on any atom is 0.338 e. The van der Waals surface area contributed by atoms with Crippen molar-refractivity contribution >= 4 is 37.6 Å². The molecule has 310 valence electrons. The lowest BCUT2D eigenvalue weighted by Crippen LogP contribution is -2.70. The van der Waals surface area contributed by atoms with Gasteiger partial charge >= 0.3 is 23.9 Å². The number of Topliss-reactive ketones (excluding diaryl/α,β-unsaturated/α-hetero) is 1. The Hall–Kier alpha value is -4.77. The maximum atomic E-state index is 15.2. The molecule has 16 heteroatoms. The largest absolute Gasteiger partial charge is 0.456 e. The number of ether oxygens (including phenoxy) is 6. The van der Waals surface area contributed by atoms with Gasteiger partial charge in [0.05, 0.1) is 23.7 Å². The van der Waals surface area contributed by atoms with E-state index in [2.05, 4.69) is 10.1 Å². The van der Waals surface area contributed by atoms with Crippen molar-refractivity contribution in [2.75, 3.05) is 13.7 Å². The Kier molecular flexibility index (Phi) is 13.2. The van der Waals surface area contributed by atoms with Gasteiger partial charge in [0.2, 0.25) is 0 Å². The molecule has 5 rings (SSSR count). The summed E-state index contributed by atoms with van der Waals surface area (Å²) < 4.78 is 34.9. The molecule has 1 saturated heterocycles. The van der Waals surface area contributed by atoms with Gasteiger partial charge in [0, 0.05) is 45.6 Å². The highest BCUT2D eigenvalue weighted by atomic mass is 16.6. The van der Waals surface area contributed by atoms with Gasteiger partial charge in [-0.15, -0.1) is 0 Å². The van der Waals surface area contributed by atoms with Crippen LogP contribution in [0.25, 0.3) is 0 Å². The van der Waals surface area contributed by atoms with Crippen molar-refractivity contribution in [1.82, 2.24) is 0 Å². The van der Waals surface area contributed by atoms with Gasteiger partial charge in [-0.3, -0.25) is 19.4 Å². The van der Waals surface area contributed by atoms with Gasteiger partial charge in [-0.2, -0.15) is 5.11 Å². The summed E-state index contributed by atoms with van der Waals surface area (Å²) in [6.07, 6.45) is -8.47. The first-order valence-electron chi connectivity index (χ1n) is 19.0. The average molecular weight is 803 g/mol. The van der Waals surface area contributed by atoms with E-state index in [9.17, 15) is 29.4 Å². The van der Waals surface area contributed by atoms with Crippen LogP contribution in [-0.2, 0) is 47.6 Å². The first kappa shape index (κ1) is 44.3. The van der Waals surface area contributed by atoms with E-state index in [0.717, 1.165) is 6.92 Å².